The molecule has 0 saturated heterocycles. The molecule has 7 heteroatoms. The fraction of sp³-hybridized carbons (Fsp3) is 0.217. The Morgan fingerprint density at radius 2 is 2.00 bits per heavy atom. The Labute approximate surface area is 179 Å². The number of fused-ring (bicyclic) bond motifs is 1. The number of aromatic nitrogens is 1. The summed E-state index contributed by atoms with van der Waals surface area (Å²) < 4.78 is 16.9. The highest BCUT2D eigenvalue weighted by molar-refractivity contribution is 6.32. The highest BCUT2D eigenvalue weighted by Crippen LogP contribution is 2.34. The van der Waals surface area contributed by atoms with E-state index in [0.717, 1.165) is 11.1 Å². The summed E-state index contributed by atoms with van der Waals surface area (Å²) in [6.07, 6.45) is 3.45. The van der Waals surface area contributed by atoms with Crippen LogP contribution in [0.3, 0.4) is 0 Å². The monoisotopic (exact) mass is 424 g/mol. The zero-order valence-electron chi connectivity index (χ0n) is 16.4. The van der Waals surface area contributed by atoms with Crippen molar-refractivity contribution in [1.82, 2.24) is 4.98 Å². The molecule has 1 atom stereocenters. The van der Waals surface area contributed by atoms with Crippen LogP contribution in [0.4, 0.5) is 5.69 Å². The van der Waals surface area contributed by atoms with Crippen LogP contribution in [0.15, 0.2) is 60.9 Å². The van der Waals surface area contributed by atoms with Gasteiger partial charge < -0.3 is 19.5 Å². The third kappa shape index (κ3) is 4.66. The van der Waals surface area contributed by atoms with Crippen molar-refractivity contribution in [3.05, 3.63) is 77.1 Å². The molecule has 2 aromatic carbocycles. The number of halogens is 1. The molecule has 0 spiro atoms. The molecule has 0 radical (unpaired) electrons. The van der Waals surface area contributed by atoms with Gasteiger partial charge in [0.2, 0.25) is 5.91 Å². The first-order valence-electron chi connectivity index (χ1n) is 9.62. The van der Waals surface area contributed by atoms with Gasteiger partial charge >= 0.3 is 0 Å². The van der Waals surface area contributed by atoms with E-state index in [-0.39, 0.29) is 11.8 Å². The van der Waals surface area contributed by atoms with Crippen LogP contribution in [0.1, 0.15) is 24.0 Å². The number of ether oxygens (including phenoxy) is 3. The van der Waals surface area contributed by atoms with Gasteiger partial charge in [-0.05, 0) is 48.9 Å². The van der Waals surface area contributed by atoms with E-state index in [1.54, 1.807) is 30.6 Å². The van der Waals surface area contributed by atoms with E-state index >= 15 is 0 Å². The number of benzene rings is 2. The normalized spacial score (nSPS) is 13.4. The molecule has 1 aliphatic heterocycles. The molecule has 0 bridgehead atoms. The van der Waals surface area contributed by atoms with Crippen molar-refractivity contribution in [2.75, 3.05) is 18.5 Å². The van der Waals surface area contributed by atoms with E-state index in [1.165, 1.54) is 0 Å². The minimum Gasteiger partial charge on any atom is -0.487 e. The minimum atomic E-state index is -0.374. The van der Waals surface area contributed by atoms with Crippen molar-refractivity contribution < 1.29 is 19.0 Å². The quantitative estimate of drug-likeness (QED) is 0.613. The highest BCUT2D eigenvalue weighted by Gasteiger charge is 2.19. The molecule has 0 saturated carbocycles. The first-order chi connectivity index (χ1) is 14.6. The summed E-state index contributed by atoms with van der Waals surface area (Å²) in [4.78, 5) is 16.8. The van der Waals surface area contributed by atoms with E-state index in [9.17, 15) is 4.79 Å². The van der Waals surface area contributed by atoms with Crippen LogP contribution in [-0.2, 0) is 11.4 Å². The summed E-state index contributed by atoms with van der Waals surface area (Å²) in [6.45, 7) is 3.24. The van der Waals surface area contributed by atoms with Crippen molar-refractivity contribution in [3.8, 4) is 17.2 Å². The Hall–Kier alpha value is -3.25. The summed E-state index contributed by atoms with van der Waals surface area (Å²) in [6, 6.07) is 14.5. The second-order valence-corrected chi connectivity index (χ2v) is 7.32. The fourth-order valence-corrected chi connectivity index (χ4v) is 3.31. The summed E-state index contributed by atoms with van der Waals surface area (Å²) in [5, 5.41) is 3.32. The van der Waals surface area contributed by atoms with Gasteiger partial charge in [-0.25, -0.2) is 0 Å². The molecule has 1 aliphatic rings. The zero-order chi connectivity index (χ0) is 20.9. The first-order valence-corrected chi connectivity index (χ1v) is 9.99. The number of pyridine rings is 1. The lowest BCUT2D eigenvalue weighted by Crippen LogP contribution is -2.20. The molecule has 1 N–H and O–H groups in total. The molecule has 4 rings (SSSR count). The van der Waals surface area contributed by atoms with Crippen molar-refractivity contribution >= 4 is 23.2 Å². The van der Waals surface area contributed by atoms with E-state index in [2.05, 4.69) is 10.3 Å². The molecular weight excluding hydrogens is 404 g/mol. The Morgan fingerprint density at radius 3 is 2.77 bits per heavy atom. The van der Waals surface area contributed by atoms with Crippen LogP contribution in [0.2, 0.25) is 5.02 Å². The molecule has 6 nitrogen and oxygen atoms in total. The fourth-order valence-electron chi connectivity index (χ4n) is 3.07. The lowest BCUT2D eigenvalue weighted by atomic mass is 9.99. The molecule has 1 amide bonds. The second-order valence-electron chi connectivity index (χ2n) is 6.91. The number of carbonyl (C=O) groups excluding carboxylic acids is 1. The molecule has 30 heavy (non-hydrogen) atoms. The van der Waals surface area contributed by atoms with Crippen LogP contribution in [0.5, 0.6) is 17.2 Å². The van der Waals surface area contributed by atoms with E-state index < -0.39 is 0 Å². The van der Waals surface area contributed by atoms with Gasteiger partial charge in [0.15, 0.2) is 11.5 Å². The predicted octanol–water partition coefficient (Wildman–Crippen LogP) is 4.83. The smallest absolute Gasteiger partial charge is 0.231 e. The van der Waals surface area contributed by atoms with Gasteiger partial charge in [-0.2, -0.15) is 0 Å². The van der Waals surface area contributed by atoms with Crippen LogP contribution < -0.4 is 19.5 Å². The minimum absolute atomic E-state index is 0.147. The lowest BCUT2D eigenvalue weighted by Gasteiger charge is -2.20. The summed E-state index contributed by atoms with van der Waals surface area (Å²) in [7, 11) is 0. The Balaban J connectivity index is 1.39. The number of amides is 1. The number of nitrogens with zero attached hydrogens (tertiary/aromatic N) is 1. The standard InChI is InChI=1S/C23H21ClN2O4/c1-15(17-4-6-21-22(11-17)29-10-9-28-21)23(27)26-18-5-7-20(19(24)12-18)30-14-16-3-2-8-25-13-16/h2-8,11-13,15H,9-10,14H2,1H3,(H,26,27). The van der Waals surface area contributed by atoms with Gasteiger partial charge in [0.25, 0.3) is 0 Å². The number of rotatable bonds is 6. The van der Waals surface area contributed by atoms with Gasteiger partial charge in [0, 0.05) is 23.6 Å². The highest BCUT2D eigenvalue weighted by atomic mass is 35.5. The molecular formula is C23H21ClN2O4. The van der Waals surface area contributed by atoms with Gasteiger partial charge in [0.05, 0.1) is 10.9 Å². The predicted molar refractivity (Wildman–Crippen MR) is 114 cm³/mol. The topological polar surface area (TPSA) is 69.7 Å². The van der Waals surface area contributed by atoms with Crippen LogP contribution in [0, 0.1) is 0 Å². The maximum atomic E-state index is 12.7. The van der Waals surface area contributed by atoms with Gasteiger partial charge in [0.1, 0.15) is 25.6 Å². The molecule has 0 fully saturated rings. The van der Waals surface area contributed by atoms with Crippen molar-refractivity contribution in [1.29, 1.82) is 0 Å². The van der Waals surface area contributed by atoms with Crippen molar-refractivity contribution in [3.63, 3.8) is 0 Å². The molecule has 3 aromatic rings. The first kappa shape index (κ1) is 20.0. The second kappa shape index (κ2) is 9.05. The number of nitrogens with one attached hydrogen (secondary N) is 1. The zero-order valence-corrected chi connectivity index (χ0v) is 17.2. The van der Waals surface area contributed by atoms with Crippen LogP contribution in [-0.4, -0.2) is 24.1 Å². The maximum Gasteiger partial charge on any atom is 0.231 e. The van der Waals surface area contributed by atoms with Gasteiger partial charge in [-0.15, -0.1) is 0 Å². The summed E-state index contributed by atoms with van der Waals surface area (Å²) >= 11 is 6.33. The molecule has 154 valence electrons. The Kier molecular flexibility index (Phi) is 6.05. The van der Waals surface area contributed by atoms with Gasteiger partial charge in [-0.3, -0.25) is 9.78 Å². The van der Waals surface area contributed by atoms with Gasteiger partial charge in [-0.1, -0.05) is 23.7 Å². The number of anilines is 1. The molecule has 0 aliphatic carbocycles. The van der Waals surface area contributed by atoms with E-state index in [4.69, 9.17) is 25.8 Å². The van der Waals surface area contributed by atoms with E-state index in [0.29, 0.717) is 47.8 Å². The lowest BCUT2D eigenvalue weighted by molar-refractivity contribution is -0.117. The number of hydrogen-bond donors (Lipinski definition) is 1. The Morgan fingerprint density at radius 1 is 1.17 bits per heavy atom. The Bertz CT molecular complexity index is 1040. The van der Waals surface area contributed by atoms with Crippen molar-refractivity contribution in [2.24, 2.45) is 0 Å². The summed E-state index contributed by atoms with van der Waals surface area (Å²) in [5.74, 6) is 1.38. The maximum absolute atomic E-state index is 12.7. The largest absolute Gasteiger partial charge is 0.487 e. The molecule has 1 unspecified atom stereocenters. The molecule has 1 aromatic heterocycles. The number of carbonyl (C=O) groups is 1. The SMILES string of the molecule is CC(C(=O)Nc1ccc(OCc2cccnc2)c(Cl)c1)c1ccc2c(c1)OCCO2. The number of hydrogen-bond acceptors (Lipinski definition) is 5. The third-order valence-corrected chi connectivity index (χ3v) is 5.07. The molecule has 2 heterocycles. The van der Waals surface area contributed by atoms with E-state index in [1.807, 2.05) is 37.3 Å². The van der Waals surface area contributed by atoms with Crippen molar-refractivity contribution in [2.45, 2.75) is 19.4 Å². The third-order valence-electron chi connectivity index (χ3n) is 4.78. The average molecular weight is 425 g/mol. The van der Waals surface area contributed by atoms with Crippen LogP contribution in [0.25, 0.3) is 0 Å². The summed E-state index contributed by atoms with van der Waals surface area (Å²) in [5.41, 5.74) is 2.39. The average Bonchev–Trinajstić information content (AvgIpc) is 2.78. The van der Waals surface area contributed by atoms with Crippen LogP contribution >= 0.6 is 11.6 Å².